The third-order valence-corrected chi connectivity index (χ3v) is 4.46. The Morgan fingerprint density at radius 1 is 1.16 bits per heavy atom. The zero-order valence-corrected chi connectivity index (χ0v) is 14.8. The minimum Gasteiger partial charge on any atom is -0.337 e. The Bertz CT molecular complexity index is 735. The van der Waals surface area contributed by atoms with Gasteiger partial charge >= 0.3 is 0 Å². The standard InChI is InChI=1S/C19H24N4O2/c1-15-10-16(2)12-17(11-15)23-9-8-22(13-19(23)25)18(24)4-3-6-21-7-5-20-14-21/h5,7,10-12,14H,3-4,6,8-9,13H2,1-2H3. The zero-order chi connectivity index (χ0) is 17.8. The van der Waals surface area contributed by atoms with E-state index in [1.165, 1.54) is 0 Å². The van der Waals surface area contributed by atoms with Crippen LogP contribution in [0.3, 0.4) is 0 Å². The van der Waals surface area contributed by atoms with Crippen LogP contribution >= 0.6 is 0 Å². The first kappa shape index (κ1) is 17.2. The minimum atomic E-state index is -0.0146. The number of hydrogen-bond donors (Lipinski definition) is 0. The molecule has 6 heteroatoms. The fourth-order valence-corrected chi connectivity index (χ4v) is 3.26. The molecular formula is C19H24N4O2. The molecule has 1 fully saturated rings. The van der Waals surface area contributed by atoms with Crippen molar-refractivity contribution in [2.24, 2.45) is 0 Å². The van der Waals surface area contributed by atoms with Gasteiger partial charge in [0, 0.05) is 44.1 Å². The number of aryl methyl sites for hydroxylation is 3. The first-order valence-corrected chi connectivity index (χ1v) is 8.65. The lowest BCUT2D eigenvalue weighted by Gasteiger charge is -2.34. The molecule has 6 nitrogen and oxygen atoms in total. The highest BCUT2D eigenvalue weighted by atomic mass is 16.2. The van der Waals surface area contributed by atoms with E-state index in [1.54, 1.807) is 22.3 Å². The largest absolute Gasteiger partial charge is 0.337 e. The Hall–Kier alpha value is -2.63. The predicted octanol–water partition coefficient (Wildman–Crippen LogP) is 2.16. The number of rotatable bonds is 5. The maximum atomic E-state index is 12.5. The predicted molar refractivity (Wildman–Crippen MR) is 96.3 cm³/mol. The molecule has 0 atom stereocenters. The van der Waals surface area contributed by atoms with Crippen molar-refractivity contribution in [1.82, 2.24) is 14.5 Å². The van der Waals surface area contributed by atoms with Gasteiger partial charge in [-0.3, -0.25) is 9.59 Å². The summed E-state index contributed by atoms with van der Waals surface area (Å²) >= 11 is 0. The van der Waals surface area contributed by atoms with E-state index in [0.717, 1.165) is 29.8 Å². The van der Waals surface area contributed by atoms with Crippen LogP contribution in [0.2, 0.25) is 0 Å². The van der Waals surface area contributed by atoms with Crippen LogP contribution in [0.15, 0.2) is 36.9 Å². The number of anilines is 1. The van der Waals surface area contributed by atoms with Crippen LogP contribution in [-0.4, -0.2) is 45.9 Å². The fourth-order valence-electron chi connectivity index (χ4n) is 3.26. The lowest BCUT2D eigenvalue weighted by molar-refractivity contribution is -0.137. The number of piperazine rings is 1. The molecule has 2 heterocycles. The Morgan fingerprint density at radius 2 is 1.92 bits per heavy atom. The van der Waals surface area contributed by atoms with Gasteiger partial charge in [-0.25, -0.2) is 4.98 Å². The van der Waals surface area contributed by atoms with Crippen molar-refractivity contribution in [3.63, 3.8) is 0 Å². The second kappa shape index (κ2) is 7.51. The van der Waals surface area contributed by atoms with E-state index >= 15 is 0 Å². The van der Waals surface area contributed by atoms with Crippen molar-refractivity contribution < 1.29 is 9.59 Å². The summed E-state index contributed by atoms with van der Waals surface area (Å²) in [5, 5.41) is 0. The molecule has 0 N–H and O–H groups in total. The van der Waals surface area contributed by atoms with Gasteiger partial charge in [-0.1, -0.05) is 6.07 Å². The van der Waals surface area contributed by atoms with Crippen molar-refractivity contribution in [3.05, 3.63) is 48.0 Å². The van der Waals surface area contributed by atoms with Gasteiger partial charge < -0.3 is 14.4 Å². The maximum absolute atomic E-state index is 12.5. The molecule has 25 heavy (non-hydrogen) atoms. The Labute approximate surface area is 148 Å². The molecule has 1 aliphatic rings. The van der Waals surface area contributed by atoms with E-state index in [0.29, 0.717) is 19.5 Å². The van der Waals surface area contributed by atoms with Crippen LogP contribution in [0.4, 0.5) is 5.69 Å². The molecule has 132 valence electrons. The molecule has 0 saturated carbocycles. The lowest BCUT2D eigenvalue weighted by atomic mass is 10.1. The van der Waals surface area contributed by atoms with E-state index < -0.39 is 0 Å². The van der Waals surface area contributed by atoms with Gasteiger partial charge in [0.05, 0.1) is 6.33 Å². The van der Waals surface area contributed by atoms with Crippen molar-refractivity contribution in [1.29, 1.82) is 0 Å². The number of carbonyl (C=O) groups is 2. The van der Waals surface area contributed by atoms with Crippen LogP contribution in [0.5, 0.6) is 0 Å². The Kier molecular flexibility index (Phi) is 5.16. The monoisotopic (exact) mass is 340 g/mol. The zero-order valence-electron chi connectivity index (χ0n) is 14.8. The molecule has 1 aliphatic heterocycles. The first-order chi connectivity index (χ1) is 12.0. The average molecular weight is 340 g/mol. The van der Waals surface area contributed by atoms with Gasteiger partial charge in [0.2, 0.25) is 11.8 Å². The van der Waals surface area contributed by atoms with Gasteiger partial charge in [-0.15, -0.1) is 0 Å². The van der Waals surface area contributed by atoms with Crippen molar-refractivity contribution >= 4 is 17.5 Å². The molecule has 0 spiro atoms. The molecule has 2 amide bonds. The number of benzene rings is 1. The number of imidazole rings is 1. The Balaban J connectivity index is 1.54. The van der Waals surface area contributed by atoms with Gasteiger partial charge in [0.25, 0.3) is 0 Å². The molecule has 0 bridgehead atoms. The van der Waals surface area contributed by atoms with Crippen LogP contribution in [0.1, 0.15) is 24.0 Å². The highest BCUT2D eigenvalue weighted by Gasteiger charge is 2.27. The number of hydrogen-bond acceptors (Lipinski definition) is 3. The minimum absolute atomic E-state index is 0.0146. The van der Waals surface area contributed by atoms with E-state index in [-0.39, 0.29) is 18.4 Å². The summed E-state index contributed by atoms with van der Waals surface area (Å²) in [5.74, 6) is 0.0350. The summed E-state index contributed by atoms with van der Waals surface area (Å²) in [6.07, 6.45) is 6.57. The van der Waals surface area contributed by atoms with Crippen LogP contribution in [-0.2, 0) is 16.1 Å². The quantitative estimate of drug-likeness (QED) is 0.838. The lowest BCUT2D eigenvalue weighted by Crippen LogP contribution is -2.52. The van der Waals surface area contributed by atoms with E-state index in [2.05, 4.69) is 11.1 Å². The smallest absolute Gasteiger partial charge is 0.246 e. The molecule has 1 aromatic carbocycles. The summed E-state index contributed by atoms with van der Waals surface area (Å²) in [7, 11) is 0. The first-order valence-electron chi connectivity index (χ1n) is 8.65. The van der Waals surface area contributed by atoms with Crippen molar-refractivity contribution in [2.75, 3.05) is 24.5 Å². The van der Waals surface area contributed by atoms with Crippen LogP contribution in [0.25, 0.3) is 0 Å². The molecule has 2 aromatic rings. The summed E-state index contributed by atoms with van der Waals surface area (Å²) in [6.45, 7) is 6.12. The van der Waals surface area contributed by atoms with Gasteiger partial charge in [-0.05, 0) is 43.5 Å². The van der Waals surface area contributed by atoms with Crippen molar-refractivity contribution in [2.45, 2.75) is 33.2 Å². The SMILES string of the molecule is Cc1cc(C)cc(N2CCN(C(=O)CCCn3ccnc3)CC2=O)c1. The average Bonchev–Trinajstić information content (AvgIpc) is 3.07. The molecule has 3 rings (SSSR count). The number of carbonyl (C=O) groups excluding carboxylic acids is 2. The number of amides is 2. The van der Waals surface area contributed by atoms with E-state index in [1.807, 2.05) is 36.7 Å². The van der Waals surface area contributed by atoms with Gasteiger partial charge in [0.1, 0.15) is 6.54 Å². The normalized spacial score (nSPS) is 14.9. The second-order valence-electron chi connectivity index (χ2n) is 6.61. The summed E-state index contributed by atoms with van der Waals surface area (Å²) in [5.41, 5.74) is 3.20. The third-order valence-electron chi connectivity index (χ3n) is 4.46. The molecule has 0 unspecified atom stereocenters. The Morgan fingerprint density at radius 3 is 2.56 bits per heavy atom. The molecular weight excluding hydrogens is 316 g/mol. The van der Waals surface area contributed by atoms with Crippen LogP contribution in [0, 0.1) is 13.8 Å². The summed E-state index contributed by atoms with van der Waals surface area (Å²) in [4.78, 5) is 32.3. The molecule has 1 aromatic heterocycles. The molecule has 0 radical (unpaired) electrons. The number of nitrogens with zero attached hydrogens (tertiary/aromatic N) is 4. The maximum Gasteiger partial charge on any atom is 0.246 e. The third kappa shape index (κ3) is 4.26. The summed E-state index contributed by atoms with van der Waals surface area (Å²) < 4.78 is 1.95. The van der Waals surface area contributed by atoms with Crippen molar-refractivity contribution in [3.8, 4) is 0 Å². The second-order valence-corrected chi connectivity index (χ2v) is 6.61. The topological polar surface area (TPSA) is 58.4 Å². The highest BCUT2D eigenvalue weighted by Crippen LogP contribution is 2.21. The highest BCUT2D eigenvalue weighted by molar-refractivity contribution is 5.98. The molecule has 1 saturated heterocycles. The summed E-state index contributed by atoms with van der Waals surface area (Å²) in [6, 6.07) is 6.13. The fraction of sp³-hybridized carbons (Fsp3) is 0.421. The number of aromatic nitrogens is 2. The van der Waals surface area contributed by atoms with Crippen LogP contribution < -0.4 is 4.90 Å². The van der Waals surface area contributed by atoms with E-state index in [9.17, 15) is 9.59 Å². The van der Waals surface area contributed by atoms with Gasteiger partial charge in [0.15, 0.2) is 0 Å². The molecule has 0 aliphatic carbocycles. The van der Waals surface area contributed by atoms with Gasteiger partial charge in [-0.2, -0.15) is 0 Å². The van der Waals surface area contributed by atoms with E-state index in [4.69, 9.17) is 0 Å².